The molecule has 0 aliphatic carbocycles. The van der Waals surface area contributed by atoms with Crippen LogP contribution in [-0.4, -0.2) is 50.9 Å². The number of hydrogen-bond acceptors (Lipinski definition) is 5. The van der Waals surface area contributed by atoms with Gasteiger partial charge in [-0.2, -0.15) is 0 Å². The van der Waals surface area contributed by atoms with Crippen LogP contribution < -0.4 is 14.4 Å². The van der Waals surface area contributed by atoms with Gasteiger partial charge in [0.05, 0.1) is 17.2 Å². The van der Waals surface area contributed by atoms with Crippen molar-refractivity contribution in [1.29, 1.82) is 0 Å². The summed E-state index contributed by atoms with van der Waals surface area (Å²) in [7, 11) is -4.16. The first-order valence-electron chi connectivity index (χ1n) is 13.7. The summed E-state index contributed by atoms with van der Waals surface area (Å²) in [6, 6.07) is 23.3. The lowest BCUT2D eigenvalue weighted by Gasteiger charge is -2.33. The van der Waals surface area contributed by atoms with Gasteiger partial charge in [-0.1, -0.05) is 80.9 Å². The first kappa shape index (κ1) is 30.7. The number of anilines is 1. The molecule has 1 N–H and O–H groups in total. The van der Waals surface area contributed by atoms with Gasteiger partial charge in [0.1, 0.15) is 18.3 Å². The molecule has 0 aromatic heterocycles. The molecule has 0 unspecified atom stereocenters. The van der Waals surface area contributed by atoms with E-state index >= 15 is 0 Å². The highest BCUT2D eigenvalue weighted by Gasteiger charge is 2.34. The van der Waals surface area contributed by atoms with Gasteiger partial charge in [-0.3, -0.25) is 13.9 Å². The van der Waals surface area contributed by atoms with E-state index in [0.717, 1.165) is 22.7 Å². The molecule has 2 amide bonds. The van der Waals surface area contributed by atoms with Crippen LogP contribution in [0.1, 0.15) is 45.6 Å². The van der Waals surface area contributed by atoms with E-state index in [1.807, 2.05) is 51.1 Å². The summed E-state index contributed by atoms with van der Waals surface area (Å²) in [5.74, 6) is -0.407. The summed E-state index contributed by atoms with van der Waals surface area (Å²) < 4.78 is 34.8. The number of carbonyl (C=O) groups excluding carboxylic acids is 2. The number of unbranched alkanes of at least 4 members (excludes halogenated alkanes) is 1. The van der Waals surface area contributed by atoms with Crippen LogP contribution in [0.5, 0.6) is 5.75 Å². The Balaban J connectivity index is 2.05. The van der Waals surface area contributed by atoms with Crippen LogP contribution >= 0.6 is 0 Å². The van der Waals surface area contributed by atoms with Gasteiger partial charge in [0.2, 0.25) is 11.8 Å². The van der Waals surface area contributed by atoms with Crippen LogP contribution in [0.25, 0.3) is 0 Å². The van der Waals surface area contributed by atoms with Crippen molar-refractivity contribution < 1.29 is 22.7 Å². The maximum Gasteiger partial charge on any atom is 0.264 e. The second kappa shape index (κ2) is 15.1. The summed E-state index contributed by atoms with van der Waals surface area (Å²) in [4.78, 5) is 28.9. The zero-order valence-electron chi connectivity index (χ0n) is 23.5. The third-order valence-electron chi connectivity index (χ3n) is 6.46. The van der Waals surface area contributed by atoms with Gasteiger partial charge in [-0.05, 0) is 49.6 Å². The van der Waals surface area contributed by atoms with Crippen LogP contribution in [0, 0.1) is 0 Å². The van der Waals surface area contributed by atoms with Gasteiger partial charge >= 0.3 is 0 Å². The van der Waals surface area contributed by atoms with Crippen LogP contribution in [0.4, 0.5) is 5.69 Å². The van der Waals surface area contributed by atoms with Gasteiger partial charge in [0.15, 0.2) is 0 Å². The molecular weight excluding hydrogens is 526 g/mol. The minimum Gasteiger partial charge on any atom is -0.492 e. The van der Waals surface area contributed by atoms with E-state index in [-0.39, 0.29) is 23.0 Å². The Kier molecular flexibility index (Phi) is 11.6. The average molecular weight is 566 g/mol. The lowest BCUT2D eigenvalue weighted by atomic mass is 10.1. The van der Waals surface area contributed by atoms with Crippen LogP contribution in [-0.2, 0) is 26.2 Å². The maximum absolute atomic E-state index is 14.1. The molecule has 3 aromatic rings. The van der Waals surface area contributed by atoms with E-state index < -0.39 is 28.5 Å². The first-order valence-corrected chi connectivity index (χ1v) is 15.2. The molecule has 0 aliphatic rings. The second-order valence-corrected chi connectivity index (χ2v) is 11.2. The number of amides is 2. The molecule has 0 heterocycles. The Labute approximate surface area is 238 Å². The van der Waals surface area contributed by atoms with Crippen molar-refractivity contribution in [1.82, 2.24) is 10.2 Å². The molecule has 0 spiro atoms. The van der Waals surface area contributed by atoms with Crippen molar-refractivity contribution in [3.8, 4) is 5.75 Å². The van der Waals surface area contributed by atoms with E-state index in [1.54, 1.807) is 42.5 Å². The number of nitrogens with one attached hydrogen (secondary N) is 1. The highest BCUT2D eigenvalue weighted by atomic mass is 32.2. The SMILES string of the molecule is CCCCNC(=O)[C@@H](CC)N(Cc1ccccc1)C(=O)CN(c1ccccc1OCC)S(=O)(=O)c1ccccc1. The molecular formula is C31H39N3O5S. The van der Waals surface area contributed by atoms with E-state index in [4.69, 9.17) is 4.74 Å². The van der Waals surface area contributed by atoms with Crippen molar-refractivity contribution in [2.45, 2.75) is 57.5 Å². The van der Waals surface area contributed by atoms with Crippen LogP contribution in [0.3, 0.4) is 0 Å². The number of sulfonamides is 1. The molecule has 3 rings (SSSR count). The summed E-state index contributed by atoms with van der Waals surface area (Å²) in [6.45, 7) is 6.17. The van der Waals surface area contributed by atoms with Crippen molar-refractivity contribution >= 4 is 27.5 Å². The maximum atomic E-state index is 14.1. The quantitative estimate of drug-likeness (QED) is 0.262. The van der Waals surface area contributed by atoms with Gasteiger partial charge in [-0.25, -0.2) is 8.42 Å². The molecule has 8 nitrogen and oxygen atoms in total. The monoisotopic (exact) mass is 565 g/mol. The van der Waals surface area contributed by atoms with Crippen molar-refractivity contribution in [2.75, 3.05) is 24.0 Å². The van der Waals surface area contributed by atoms with Crippen molar-refractivity contribution in [3.05, 3.63) is 90.5 Å². The number of para-hydroxylation sites is 2. The largest absolute Gasteiger partial charge is 0.492 e. The molecule has 9 heteroatoms. The summed E-state index contributed by atoms with van der Waals surface area (Å²) in [5, 5.41) is 2.94. The molecule has 0 saturated carbocycles. The fourth-order valence-electron chi connectivity index (χ4n) is 4.38. The predicted molar refractivity (Wildman–Crippen MR) is 158 cm³/mol. The number of hydrogen-bond donors (Lipinski definition) is 1. The minimum atomic E-state index is -4.16. The van der Waals surface area contributed by atoms with E-state index in [2.05, 4.69) is 5.32 Å². The summed E-state index contributed by atoms with van der Waals surface area (Å²) in [5.41, 5.74) is 1.09. The Morgan fingerprint density at radius 1 is 0.875 bits per heavy atom. The minimum absolute atomic E-state index is 0.0491. The predicted octanol–water partition coefficient (Wildman–Crippen LogP) is 5.00. The smallest absolute Gasteiger partial charge is 0.264 e. The summed E-state index contributed by atoms with van der Waals surface area (Å²) in [6.07, 6.45) is 2.12. The third-order valence-corrected chi connectivity index (χ3v) is 8.23. The molecule has 0 aliphatic heterocycles. The number of ether oxygens (including phenoxy) is 1. The van der Waals surface area contributed by atoms with E-state index in [0.29, 0.717) is 25.3 Å². The third kappa shape index (κ3) is 7.85. The first-order chi connectivity index (χ1) is 19.3. The Bertz CT molecular complexity index is 1330. The molecule has 1 atom stereocenters. The lowest BCUT2D eigenvalue weighted by molar-refractivity contribution is -0.140. The number of benzene rings is 3. The standard InChI is InChI=1S/C31H39N3O5S/c1-4-7-22-32-31(36)27(5-2)33(23-25-16-10-8-11-17-25)30(35)24-34(28-20-14-15-21-29(28)39-6-3)40(37,38)26-18-12-9-13-19-26/h8-21,27H,4-7,22-24H2,1-3H3,(H,32,36)/t27-/m1/s1. The molecule has 3 aromatic carbocycles. The molecule has 0 bridgehead atoms. The highest BCUT2D eigenvalue weighted by molar-refractivity contribution is 7.92. The van der Waals surface area contributed by atoms with E-state index in [1.165, 1.54) is 17.0 Å². The number of nitrogens with zero attached hydrogens (tertiary/aromatic N) is 2. The zero-order valence-corrected chi connectivity index (χ0v) is 24.3. The fourth-order valence-corrected chi connectivity index (χ4v) is 5.83. The van der Waals surface area contributed by atoms with Gasteiger partial charge < -0.3 is 15.0 Å². The van der Waals surface area contributed by atoms with Crippen LogP contribution in [0.15, 0.2) is 89.8 Å². The van der Waals surface area contributed by atoms with Crippen LogP contribution in [0.2, 0.25) is 0 Å². The molecule has 0 saturated heterocycles. The van der Waals surface area contributed by atoms with Crippen molar-refractivity contribution in [2.24, 2.45) is 0 Å². The molecule has 214 valence electrons. The fraction of sp³-hybridized carbons (Fsp3) is 0.355. The lowest BCUT2D eigenvalue weighted by Crippen LogP contribution is -2.52. The van der Waals surface area contributed by atoms with Crippen molar-refractivity contribution in [3.63, 3.8) is 0 Å². The number of rotatable bonds is 15. The van der Waals surface area contributed by atoms with Gasteiger partial charge in [0.25, 0.3) is 10.0 Å². The zero-order chi connectivity index (χ0) is 29.0. The Hall–Kier alpha value is -3.85. The normalized spacial score (nSPS) is 11.9. The Morgan fingerprint density at radius 3 is 2.12 bits per heavy atom. The average Bonchev–Trinajstić information content (AvgIpc) is 2.97. The molecule has 40 heavy (non-hydrogen) atoms. The summed E-state index contributed by atoms with van der Waals surface area (Å²) >= 11 is 0. The van der Waals surface area contributed by atoms with E-state index in [9.17, 15) is 18.0 Å². The van der Waals surface area contributed by atoms with Gasteiger partial charge in [0, 0.05) is 13.1 Å². The van der Waals surface area contributed by atoms with Gasteiger partial charge in [-0.15, -0.1) is 0 Å². The Morgan fingerprint density at radius 2 is 1.50 bits per heavy atom. The molecule has 0 radical (unpaired) electrons. The molecule has 0 fully saturated rings. The number of carbonyl (C=O) groups is 2. The highest BCUT2D eigenvalue weighted by Crippen LogP contribution is 2.33. The topological polar surface area (TPSA) is 96.0 Å². The second-order valence-electron chi connectivity index (χ2n) is 9.30.